The van der Waals surface area contributed by atoms with Crippen LogP contribution in [0.4, 0.5) is 0 Å². The van der Waals surface area contributed by atoms with Crippen LogP contribution in [-0.2, 0) is 6.54 Å². The van der Waals surface area contributed by atoms with Gasteiger partial charge in [0, 0.05) is 57.9 Å². The number of piperazine rings is 1. The van der Waals surface area contributed by atoms with Gasteiger partial charge in [-0.1, -0.05) is 12.1 Å². The predicted molar refractivity (Wildman–Crippen MR) is 97.7 cm³/mol. The van der Waals surface area contributed by atoms with Crippen LogP contribution in [0.5, 0.6) is 0 Å². The van der Waals surface area contributed by atoms with Gasteiger partial charge in [0.15, 0.2) is 0 Å². The second-order valence-electron chi connectivity index (χ2n) is 7.44. The lowest BCUT2D eigenvalue weighted by Crippen LogP contribution is -2.48. The first kappa shape index (κ1) is 17.4. The van der Waals surface area contributed by atoms with Crippen LogP contribution in [-0.4, -0.2) is 66.1 Å². The third-order valence-corrected chi connectivity index (χ3v) is 5.74. The Morgan fingerprint density at radius 1 is 1.00 bits per heavy atom. The first-order chi connectivity index (χ1) is 11.7. The largest absolute Gasteiger partial charge is 0.300 e. The molecule has 2 atom stereocenters. The molecule has 0 amide bonds. The Labute approximate surface area is 146 Å². The lowest BCUT2D eigenvalue weighted by Gasteiger charge is -2.36. The molecule has 2 aliphatic rings. The normalized spacial score (nSPS) is 26.5. The highest BCUT2D eigenvalue weighted by molar-refractivity contribution is 5.32. The monoisotopic (exact) mass is 326 g/mol. The molecule has 0 N–H and O–H groups in total. The van der Waals surface area contributed by atoms with E-state index < -0.39 is 0 Å². The van der Waals surface area contributed by atoms with E-state index in [1.54, 1.807) is 0 Å². The van der Waals surface area contributed by atoms with Gasteiger partial charge in [-0.25, -0.2) is 0 Å². The number of benzene rings is 1. The van der Waals surface area contributed by atoms with E-state index in [0.717, 1.165) is 50.4 Å². The van der Waals surface area contributed by atoms with E-state index in [1.807, 2.05) is 18.2 Å². The van der Waals surface area contributed by atoms with Gasteiger partial charge in [0.1, 0.15) is 0 Å². The summed E-state index contributed by atoms with van der Waals surface area (Å²) in [6.45, 7) is 12.7. The van der Waals surface area contributed by atoms with Crippen molar-refractivity contribution in [2.24, 2.45) is 0 Å². The van der Waals surface area contributed by atoms with E-state index in [0.29, 0.717) is 0 Å². The predicted octanol–water partition coefficient (Wildman–Crippen LogP) is 2.55. The lowest BCUT2D eigenvalue weighted by molar-refractivity contribution is 0.106. The zero-order valence-electron chi connectivity index (χ0n) is 15.1. The summed E-state index contributed by atoms with van der Waals surface area (Å²) in [6, 6.07) is 11.8. The minimum atomic E-state index is 0.758. The third-order valence-electron chi connectivity index (χ3n) is 5.74. The molecule has 0 aliphatic carbocycles. The summed E-state index contributed by atoms with van der Waals surface area (Å²) in [5.74, 6) is 0. The Kier molecular flexibility index (Phi) is 5.89. The van der Waals surface area contributed by atoms with Crippen molar-refractivity contribution in [2.45, 2.75) is 45.3 Å². The second kappa shape index (κ2) is 8.11. The molecule has 0 aromatic heterocycles. The van der Waals surface area contributed by atoms with Gasteiger partial charge in [0.25, 0.3) is 0 Å². The number of rotatable bonds is 5. The van der Waals surface area contributed by atoms with Crippen LogP contribution >= 0.6 is 0 Å². The SMILES string of the molecule is C[C@@H]1CC[C@@H](C)N1CCN1CCN(Cc2cccc(C#N)c2)CC1. The zero-order valence-corrected chi connectivity index (χ0v) is 15.1. The summed E-state index contributed by atoms with van der Waals surface area (Å²) in [7, 11) is 0. The standard InChI is InChI=1S/C20H30N4/c1-17-6-7-18(2)24(17)13-12-22-8-10-23(11-9-22)16-20-5-3-4-19(14-20)15-21/h3-5,14,17-18H,6-13,16H2,1-2H3/t17-,18-/m1/s1. The molecular weight excluding hydrogens is 296 g/mol. The van der Waals surface area contributed by atoms with Crippen molar-refractivity contribution in [3.05, 3.63) is 35.4 Å². The molecular formula is C20H30N4. The second-order valence-corrected chi connectivity index (χ2v) is 7.44. The Balaban J connectivity index is 1.42. The summed E-state index contributed by atoms with van der Waals surface area (Å²) in [5.41, 5.74) is 2.02. The van der Waals surface area contributed by atoms with Crippen molar-refractivity contribution >= 4 is 0 Å². The van der Waals surface area contributed by atoms with Gasteiger partial charge in [-0.3, -0.25) is 14.7 Å². The molecule has 1 aromatic rings. The van der Waals surface area contributed by atoms with Crippen LogP contribution in [0.25, 0.3) is 0 Å². The Morgan fingerprint density at radius 3 is 2.33 bits per heavy atom. The van der Waals surface area contributed by atoms with Gasteiger partial charge < -0.3 is 0 Å². The van der Waals surface area contributed by atoms with Crippen molar-refractivity contribution in [2.75, 3.05) is 39.3 Å². The summed E-state index contributed by atoms with van der Waals surface area (Å²) >= 11 is 0. The van der Waals surface area contributed by atoms with Gasteiger partial charge in [-0.05, 0) is 44.4 Å². The lowest BCUT2D eigenvalue weighted by atomic mass is 10.1. The molecule has 2 fully saturated rings. The molecule has 3 rings (SSSR count). The van der Waals surface area contributed by atoms with Crippen LogP contribution in [0.2, 0.25) is 0 Å². The topological polar surface area (TPSA) is 33.5 Å². The van der Waals surface area contributed by atoms with E-state index in [2.05, 4.69) is 40.7 Å². The van der Waals surface area contributed by atoms with Gasteiger partial charge in [-0.15, -0.1) is 0 Å². The zero-order chi connectivity index (χ0) is 16.9. The van der Waals surface area contributed by atoms with Crippen LogP contribution in [0.15, 0.2) is 24.3 Å². The first-order valence-corrected chi connectivity index (χ1v) is 9.35. The van der Waals surface area contributed by atoms with Crippen molar-refractivity contribution < 1.29 is 0 Å². The van der Waals surface area contributed by atoms with E-state index in [1.165, 1.54) is 31.5 Å². The van der Waals surface area contributed by atoms with Crippen molar-refractivity contribution in [3.8, 4) is 6.07 Å². The van der Waals surface area contributed by atoms with Crippen molar-refractivity contribution in [3.63, 3.8) is 0 Å². The van der Waals surface area contributed by atoms with E-state index in [-0.39, 0.29) is 0 Å². The van der Waals surface area contributed by atoms with Gasteiger partial charge >= 0.3 is 0 Å². The minimum absolute atomic E-state index is 0.758. The molecule has 24 heavy (non-hydrogen) atoms. The maximum Gasteiger partial charge on any atom is 0.0991 e. The maximum atomic E-state index is 9.01. The maximum absolute atomic E-state index is 9.01. The van der Waals surface area contributed by atoms with E-state index >= 15 is 0 Å². The molecule has 0 unspecified atom stereocenters. The highest BCUT2D eigenvalue weighted by atomic mass is 15.3. The summed E-state index contributed by atoms with van der Waals surface area (Å²) in [6.07, 6.45) is 2.72. The fourth-order valence-corrected chi connectivity index (χ4v) is 4.11. The molecule has 1 aromatic carbocycles. The molecule has 0 bridgehead atoms. The molecule has 2 aliphatic heterocycles. The van der Waals surface area contributed by atoms with Crippen LogP contribution in [0, 0.1) is 11.3 Å². The Bertz CT molecular complexity index is 561. The van der Waals surface area contributed by atoms with Gasteiger partial charge in [-0.2, -0.15) is 5.26 Å². The van der Waals surface area contributed by atoms with Crippen LogP contribution in [0.3, 0.4) is 0 Å². The number of nitrogens with zero attached hydrogens (tertiary/aromatic N) is 4. The molecule has 130 valence electrons. The molecule has 4 nitrogen and oxygen atoms in total. The van der Waals surface area contributed by atoms with Gasteiger partial charge in [0.05, 0.1) is 11.6 Å². The smallest absolute Gasteiger partial charge is 0.0991 e. The number of hydrogen-bond donors (Lipinski definition) is 0. The molecule has 2 heterocycles. The molecule has 4 heteroatoms. The van der Waals surface area contributed by atoms with E-state index in [9.17, 15) is 0 Å². The number of nitriles is 1. The fourth-order valence-electron chi connectivity index (χ4n) is 4.11. The minimum Gasteiger partial charge on any atom is -0.300 e. The first-order valence-electron chi connectivity index (χ1n) is 9.35. The molecule has 0 saturated carbocycles. The Hall–Kier alpha value is -1.41. The number of likely N-dealkylation sites (tertiary alicyclic amines) is 1. The molecule has 0 radical (unpaired) electrons. The Morgan fingerprint density at radius 2 is 1.67 bits per heavy atom. The van der Waals surface area contributed by atoms with Crippen LogP contribution < -0.4 is 0 Å². The summed E-state index contributed by atoms with van der Waals surface area (Å²) in [5, 5.41) is 9.01. The summed E-state index contributed by atoms with van der Waals surface area (Å²) < 4.78 is 0. The average molecular weight is 326 g/mol. The highest BCUT2D eigenvalue weighted by Gasteiger charge is 2.27. The number of hydrogen-bond acceptors (Lipinski definition) is 4. The third kappa shape index (κ3) is 4.36. The average Bonchev–Trinajstić information content (AvgIpc) is 2.93. The van der Waals surface area contributed by atoms with Crippen molar-refractivity contribution in [1.82, 2.24) is 14.7 Å². The van der Waals surface area contributed by atoms with E-state index in [4.69, 9.17) is 5.26 Å². The highest BCUT2D eigenvalue weighted by Crippen LogP contribution is 2.23. The molecule has 0 spiro atoms. The quantitative estimate of drug-likeness (QED) is 0.833. The molecule has 2 saturated heterocycles. The van der Waals surface area contributed by atoms with Crippen molar-refractivity contribution in [1.29, 1.82) is 5.26 Å². The van der Waals surface area contributed by atoms with Crippen LogP contribution in [0.1, 0.15) is 37.8 Å². The fraction of sp³-hybridized carbons (Fsp3) is 0.650. The van der Waals surface area contributed by atoms with Gasteiger partial charge in [0.2, 0.25) is 0 Å². The summed E-state index contributed by atoms with van der Waals surface area (Å²) in [4.78, 5) is 7.80.